The lowest BCUT2D eigenvalue weighted by Gasteiger charge is -2.11. The van der Waals surface area contributed by atoms with E-state index in [1.54, 1.807) is 0 Å². The van der Waals surface area contributed by atoms with Crippen LogP contribution in [0.25, 0.3) is 0 Å². The van der Waals surface area contributed by atoms with Crippen molar-refractivity contribution in [1.82, 2.24) is 4.90 Å². The highest BCUT2D eigenvalue weighted by molar-refractivity contribution is 4.81. The Morgan fingerprint density at radius 2 is 1.90 bits per heavy atom. The summed E-state index contributed by atoms with van der Waals surface area (Å²) in [5.74, 6) is 0. The van der Waals surface area contributed by atoms with Crippen molar-refractivity contribution in [2.45, 2.75) is 32.1 Å². The maximum Gasteiger partial charge on any atom is 0.0169 e. The summed E-state index contributed by atoms with van der Waals surface area (Å²) in [4.78, 5) is 2.28. The van der Waals surface area contributed by atoms with Gasteiger partial charge in [-0.1, -0.05) is 18.9 Å². The second-order valence-corrected chi connectivity index (χ2v) is 3.07. The molecule has 1 rings (SSSR count). The van der Waals surface area contributed by atoms with Gasteiger partial charge in [0.2, 0.25) is 0 Å². The number of hydrogen-bond acceptors (Lipinski definition) is 1. The average Bonchev–Trinajstić information content (AvgIpc) is 2.02. The topological polar surface area (TPSA) is 3.24 Å². The van der Waals surface area contributed by atoms with Gasteiger partial charge in [0.15, 0.2) is 0 Å². The van der Waals surface area contributed by atoms with Crippen molar-refractivity contribution in [3.8, 4) is 0 Å². The molecule has 0 spiro atoms. The van der Waals surface area contributed by atoms with E-state index in [1.807, 2.05) is 0 Å². The van der Waals surface area contributed by atoms with E-state index in [2.05, 4.69) is 24.2 Å². The van der Waals surface area contributed by atoms with E-state index in [0.29, 0.717) is 0 Å². The molecule has 0 aromatic rings. The molecule has 0 bridgehead atoms. The van der Waals surface area contributed by atoms with E-state index in [9.17, 15) is 0 Å². The Morgan fingerprint density at radius 1 is 1.10 bits per heavy atom. The molecule has 0 aliphatic carbocycles. The first-order valence-electron chi connectivity index (χ1n) is 4.26. The molecule has 0 radical (unpaired) electrons. The van der Waals surface area contributed by atoms with Crippen molar-refractivity contribution in [3.05, 3.63) is 12.3 Å². The van der Waals surface area contributed by atoms with Crippen molar-refractivity contribution in [2.75, 3.05) is 13.6 Å². The molecule has 10 heavy (non-hydrogen) atoms. The minimum Gasteiger partial charge on any atom is -0.381 e. The van der Waals surface area contributed by atoms with Crippen LogP contribution in [-0.4, -0.2) is 18.5 Å². The molecule has 0 saturated heterocycles. The van der Waals surface area contributed by atoms with Gasteiger partial charge in [-0.25, -0.2) is 0 Å². The molecule has 0 fully saturated rings. The molecule has 0 saturated carbocycles. The molecule has 1 heteroatoms. The van der Waals surface area contributed by atoms with Crippen molar-refractivity contribution in [1.29, 1.82) is 0 Å². The first-order valence-corrected chi connectivity index (χ1v) is 4.26. The van der Waals surface area contributed by atoms with Crippen molar-refractivity contribution in [3.63, 3.8) is 0 Å². The Balaban J connectivity index is 2.28. The predicted octanol–water partition coefficient (Wildman–Crippen LogP) is 2.40. The van der Waals surface area contributed by atoms with Crippen molar-refractivity contribution < 1.29 is 0 Å². The zero-order valence-electron chi connectivity index (χ0n) is 6.84. The quantitative estimate of drug-likeness (QED) is 0.498. The highest BCUT2D eigenvalue weighted by atomic mass is 15.1. The number of nitrogens with zero attached hydrogens (tertiary/aromatic N) is 1. The fourth-order valence-electron chi connectivity index (χ4n) is 1.31. The molecule has 0 atom stereocenters. The molecule has 1 aliphatic rings. The standard InChI is InChI=1S/C9H17N/c1-10-8-6-4-2-3-5-7-9-10/h6,8H,2-5,7,9H2,1H3/b8-6-. The molecule has 0 unspecified atom stereocenters. The second-order valence-electron chi connectivity index (χ2n) is 3.07. The number of rotatable bonds is 0. The minimum atomic E-state index is 1.23. The lowest BCUT2D eigenvalue weighted by atomic mass is 10.1. The summed E-state index contributed by atoms with van der Waals surface area (Å²) in [6.45, 7) is 1.23. The van der Waals surface area contributed by atoms with Gasteiger partial charge in [0.1, 0.15) is 0 Å². The van der Waals surface area contributed by atoms with E-state index in [-0.39, 0.29) is 0 Å². The van der Waals surface area contributed by atoms with Crippen LogP contribution in [0, 0.1) is 0 Å². The Bertz CT molecular complexity index is 107. The van der Waals surface area contributed by atoms with Crippen LogP contribution in [0.4, 0.5) is 0 Å². The third-order valence-corrected chi connectivity index (χ3v) is 1.99. The van der Waals surface area contributed by atoms with Crippen LogP contribution in [0.5, 0.6) is 0 Å². The molecule has 58 valence electrons. The first-order chi connectivity index (χ1) is 4.89. The van der Waals surface area contributed by atoms with Gasteiger partial charge in [0, 0.05) is 13.6 Å². The second kappa shape index (κ2) is 4.37. The van der Waals surface area contributed by atoms with Crippen LogP contribution in [0.1, 0.15) is 32.1 Å². The largest absolute Gasteiger partial charge is 0.381 e. The first kappa shape index (κ1) is 7.64. The monoisotopic (exact) mass is 139 g/mol. The zero-order valence-corrected chi connectivity index (χ0v) is 6.84. The van der Waals surface area contributed by atoms with Gasteiger partial charge >= 0.3 is 0 Å². The smallest absolute Gasteiger partial charge is 0.0169 e. The molecule has 0 aromatic heterocycles. The van der Waals surface area contributed by atoms with E-state index in [0.717, 1.165) is 0 Å². The van der Waals surface area contributed by atoms with Gasteiger partial charge in [-0.2, -0.15) is 0 Å². The molecular formula is C9H17N. The van der Waals surface area contributed by atoms with Crippen LogP contribution in [-0.2, 0) is 0 Å². The molecule has 0 amide bonds. The zero-order chi connectivity index (χ0) is 7.23. The Labute approximate surface area is 63.7 Å². The van der Waals surface area contributed by atoms with Gasteiger partial charge < -0.3 is 4.90 Å². The van der Waals surface area contributed by atoms with Gasteiger partial charge in [-0.3, -0.25) is 0 Å². The Kier molecular flexibility index (Phi) is 3.34. The molecule has 1 heterocycles. The van der Waals surface area contributed by atoms with Crippen LogP contribution >= 0.6 is 0 Å². The normalized spacial score (nSPS) is 24.7. The lowest BCUT2D eigenvalue weighted by Crippen LogP contribution is -2.11. The van der Waals surface area contributed by atoms with Crippen LogP contribution in [0.3, 0.4) is 0 Å². The fraction of sp³-hybridized carbons (Fsp3) is 0.778. The van der Waals surface area contributed by atoms with Crippen molar-refractivity contribution in [2.24, 2.45) is 0 Å². The summed E-state index contributed by atoms with van der Waals surface area (Å²) in [6, 6.07) is 0. The highest BCUT2D eigenvalue weighted by Gasteiger charge is 1.94. The van der Waals surface area contributed by atoms with Crippen LogP contribution < -0.4 is 0 Å². The van der Waals surface area contributed by atoms with E-state index >= 15 is 0 Å². The summed E-state index contributed by atoms with van der Waals surface area (Å²) < 4.78 is 0. The van der Waals surface area contributed by atoms with Gasteiger partial charge in [-0.15, -0.1) is 0 Å². The molecule has 1 aliphatic heterocycles. The summed E-state index contributed by atoms with van der Waals surface area (Å²) >= 11 is 0. The van der Waals surface area contributed by atoms with E-state index in [1.165, 1.54) is 38.6 Å². The van der Waals surface area contributed by atoms with E-state index < -0.39 is 0 Å². The maximum absolute atomic E-state index is 2.28. The fourth-order valence-corrected chi connectivity index (χ4v) is 1.31. The third-order valence-electron chi connectivity index (χ3n) is 1.99. The van der Waals surface area contributed by atoms with Crippen molar-refractivity contribution >= 4 is 0 Å². The van der Waals surface area contributed by atoms with Gasteiger partial charge in [0.25, 0.3) is 0 Å². The summed E-state index contributed by atoms with van der Waals surface area (Å²) in [5.41, 5.74) is 0. The van der Waals surface area contributed by atoms with Crippen LogP contribution in [0.2, 0.25) is 0 Å². The van der Waals surface area contributed by atoms with Gasteiger partial charge in [0.05, 0.1) is 0 Å². The highest BCUT2D eigenvalue weighted by Crippen LogP contribution is 2.07. The predicted molar refractivity (Wildman–Crippen MR) is 44.9 cm³/mol. The summed E-state index contributed by atoms with van der Waals surface area (Å²) in [5, 5.41) is 0. The molecule has 0 N–H and O–H groups in total. The molecular weight excluding hydrogens is 122 g/mol. The molecule has 0 aromatic carbocycles. The minimum absolute atomic E-state index is 1.23. The van der Waals surface area contributed by atoms with E-state index in [4.69, 9.17) is 0 Å². The lowest BCUT2D eigenvalue weighted by molar-refractivity contribution is 0.436. The maximum atomic E-state index is 2.28. The average molecular weight is 139 g/mol. The Morgan fingerprint density at radius 3 is 2.80 bits per heavy atom. The number of hydrogen-bond donors (Lipinski definition) is 0. The SMILES string of the molecule is CN1/C=C\CCCCCC1. The van der Waals surface area contributed by atoms with Crippen LogP contribution in [0.15, 0.2) is 12.3 Å². The third kappa shape index (κ3) is 2.90. The Hall–Kier alpha value is -0.460. The number of allylic oxidation sites excluding steroid dienone is 1. The molecule has 1 nitrogen and oxygen atoms in total. The van der Waals surface area contributed by atoms with Gasteiger partial charge in [-0.05, 0) is 25.5 Å². The summed E-state index contributed by atoms with van der Waals surface area (Å²) in [7, 11) is 2.15. The summed E-state index contributed by atoms with van der Waals surface area (Å²) in [6.07, 6.45) is 11.3.